The highest BCUT2D eigenvalue weighted by molar-refractivity contribution is 5.42. The maximum atomic E-state index is 4.31. The van der Waals surface area contributed by atoms with Crippen molar-refractivity contribution in [1.29, 1.82) is 0 Å². The first-order valence-electron chi connectivity index (χ1n) is 4.92. The van der Waals surface area contributed by atoms with Gasteiger partial charge in [0.1, 0.15) is 5.82 Å². The Hall–Kier alpha value is -1.90. The zero-order valence-electron chi connectivity index (χ0n) is 8.64. The minimum Gasteiger partial charge on any atom is -0.379 e. The van der Waals surface area contributed by atoms with Crippen LogP contribution in [0.4, 0.5) is 5.69 Å². The van der Waals surface area contributed by atoms with Gasteiger partial charge >= 0.3 is 0 Å². The van der Waals surface area contributed by atoms with E-state index in [-0.39, 0.29) is 0 Å². The van der Waals surface area contributed by atoms with Crippen LogP contribution >= 0.6 is 0 Å². The minimum absolute atomic E-state index is 0.730. The van der Waals surface area contributed by atoms with E-state index in [0.29, 0.717) is 0 Å². The number of rotatable bonds is 3. The fourth-order valence-corrected chi connectivity index (χ4v) is 1.35. The summed E-state index contributed by atoms with van der Waals surface area (Å²) in [6.45, 7) is 2.62. The molecule has 0 aliphatic carbocycles. The molecule has 76 valence electrons. The zero-order valence-corrected chi connectivity index (χ0v) is 8.64. The van der Waals surface area contributed by atoms with E-state index in [4.69, 9.17) is 0 Å². The fraction of sp³-hybridized carbons (Fsp3) is 0.167. The van der Waals surface area contributed by atoms with Crippen LogP contribution in [-0.2, 0) is 6.54 Å². The molecule has 1 aromatic carbocycles. The van der Waals surface area contributed by atoms with Crippen molar-refractivity contribution >= 4 is 5.69 Å². The van der Waals surface area contributed by atoms with Gasteiger partial charge in [0.15, 0.2) is 0 Å². The van der Waals surface area contributed by atoms with Crippen molar-refractivity contribution in [3.05, 3.63) is 54.1 Å². The van der Waals surface area contributed by atoms with Gasteiger partial charge in [0.25, 0.3) is 0 Å². The standard InChI is InChI=1S/C12H13N3/c1-10-13-8-7-12(15-10)9-14-11-5-3-2-4-6-11/h2-8,14H,9H2,1H3. The van der Waals surface area contributed by atoms with E-state index in [9.17, 15) is 0 Å². The smallest absolute Gasteiger partial charge is 0.125 e. The molecule has 0 amide bonds. The van der Waals surface area contributed by atoms with Crippen molar-refractivity contribution in [1.82, 2.24) is 9.97 Å². The first-order valence-corrected chi connectivity index (χ1v) is 4.92. The van der Waals surface area contributed by atoms with Crippen LogP contribution in [0.3, 0.4) is 0 Å². The van der Waals surface area contributed by atoms with E-state index in [1.165, 1.54) is 0 Å². The lowest BCUT2D eigenvalue weighted by Gasteiger charge is -2.05. The molecule has 0 atom stereocenters. The molecule has 0 bridgehead atoms. The second-order valence-electron chi connectivity index (χ2n) is 3.31. The molecule has 0 spiro atoms. The minimum atomic E-state index is 0.730. The Balaban J connectivity index is 1.99. The average Bonchev–Trinajstić information content (AvgIpc) is 2.28. The van der Waals surface area contributed by atoms with E-state index >= 15 is 0 Å². The largest absolute Gasteiger partial charge is 0.379 e. The maximum absolute atomic E-state index is 4.31. The highest BCUT2D eigenvalue weighted by Gasteiger charge is 1.95. The molecule has 3 heteroatoms. The third-order valence-corrected chi connectivity index (χ3v) is 2.08. The fourth-order valence-electron chi connectivity index (χ4n) is 1.35. The molecule has 0 aliphatic rings. The molecule has 0 fully saturated rings. The van der Waals surface area contributed by atoms with Gasteiger partial charge in [0.05, 0.1) is 12.2 Å². The lowest BCUT2D eigenvalue weighted by Crippen LogP contribution is -2.02. The number of aryl methyl sites for hydroxylation is 1. The summed E-state index contributed by atoms with van der Waals surface area (Å²) in [5.41, 5.74) is 2.11. The summed E-state index contributed by atoms with van der Waals surface area (Å²) in [5, 5.41) is 3.30. The van der Waals surface area contributed by atoms with Crippen molar-refractivity contribution in [3.8, 4) is 0 Å². The third kappa shape index (κ3) is 2.77. The summed E-state index contributed by atoms with van der Waals surface area (Å²) in [4.78, 5) is 8.37. The normalized spacial score (nSPS) is 9.93. The molecular weight excluding hydrogens is 186 g/mol. The molecule has 1 aromatic heterocycles. The molecule has 0 radical (unpaired) electrons. The predicted molar refractivity (Wildman–Crippen MR) is 60.5 cm³/mol. The Morgan fingerprint density at radius 1 is 1.13 bits per heavy atom. The summed E-state index contributed by atoms with van der Waals surface area (Å²) < 4.78 is 0. The van der Waals surface area contributed by atoms with Crippen molar-refractivity contribution in [3.63, 3.8) is 0 Å². The van der Waals surface area contributed by atoms with Gasteiger partial charge in [0.2, 0.25) is 0 Å². The van der Waals surface area contributed by atoms with Gasteiger partial charge in [-0.3, -0.25) is 0 Å². The van der Waals surface area contributed by atoms with Crippen LogP contribution in [0.5, 0.6) is 0 Å². The second kappa shape index (κ2) is 4.55. The van der Waals surface area contributed by atoms with Gasteiger partial charge in [-0.1, -0.05) is 18.2 Å². The molecule has 0 saturated heterocycles. The molecule has 0 unspecified atom stereocenters. The molecule has 3 nitrogen and oxygen atoms in total. The highest BCUT2D eigenvalue weighted by atomic mass is 14.9. The molecule has 0 aliphatic heterocycles. The number of hydrogen-bond acceptors (Lipinski definition) is 3. The van der Waals surface area contributed by atoms with Gasteiger partial charge in [-0.05, 0) is 25.1 Å². The Morgan fingerprint density at radius 2 is 1.93 bits per heavy atom. The number of benzene rings is 1. The van der Waals surface area contributed by atoms with Gasteiger partial charge in [0, 0.05) is 11.9 Å². The summed E-state index contributed by atoms with van der Waals surface area (Å²) in [6.07, 6.45) is 1.78. The Bertz CT molecular complexity index is 426. The summed E-state index contributed by atoms with van der Waals surface area (Å²) in [5.74, 6) is 0.808. The molecule has 1 N–H and O–H groups in total. The second-order valence-corrected chi connectivity index (χ2v) is 3.31. The van der Waals surface area contributed by atoms with E-state index < -0.39 is 0 Å². The number of anilines is 1. The number of nitrogens with zero attached hydrogens (tertiary/aromatic N) is 2. The molecule has 1 heterocycles. The van der Waals surface area contributed by atoms with Crippen LogP contribution in [0, 0.1) is 6.92 Å². The van der Waals surface area contributed by atoms with Crippen LogP contribution in [0.15, 0.2) is 42.6 Å². The van der Waals surface area contributed by atoms with Crippen molar-refractivity contribution < 1.29 is 0 Å². The quantitative estimate of drug-likeness (QED) is 0.824. The summed E-state index contributed by atoms with van der Waals surface area (Å²) in [7, 11) is 0. The van der Waals surface area contributed by atoms with Gasteiger partial charge < -0.3 is 5.32 Å². The monoisotopic (exact) mass is 199 g/mol. The first-order chi connectivity index (χ1) is 7.34. The Kier molecular flexibility index (Phi) is 2.93. The molecule has 0 saturated carbocycles. The van der Waals surface area contributed by atoms with Crippen LogP contribution in [0.1, 0.15) is 11.5 Å². The van der Waals surface area contributed by atoms with E-state index in [1.54, 1.807) is 6.20 Å². The molecule has 2 rings (SSSR count). The van der Waals surface area contributed by atoms with Crippen molar-refractivity contribution in [2.45, 2.75) is 13.5 Å². The first kappa shape index (κ1) is 9.65. The summed E-state index contributed by atoms with van der Waals surface area (Å²) >= 11 is 0. The van der Waals surface area contributed by atoms with E-state index in [1.807, 2.05) is 43.3 Å². The predicted octanol–water partition coefficient (Wildman–Crippen LogP) is 2.40. The number of aromatic nitrogens is 2. The highest BCUT2D eigenvalue weighted by Crippen LogP contribution is 2.06. The Labute approximate surface area is 89.2 Å². The maximum Gasteiger partial charge on any atom is 0.125 e. The van der Waals surface area contributed by atoms with E-state index in [2.05, 4.69) is 15.3 Å². The van der Waals surface area contributed by atoms with Crippen LogP contribution in [-0.4, -0.2) is 9.97 Å². The van der Waals surface area contributed by atoms with Crippen LogP contribution in [0.25, 0.3) is 0 Å². The van der Waals surface area contributed by atoms with Gasteiger partial charge in [-0.2, -0.15) is 0 Å². The number of nitrogens with one attached hydrogen (secondary N) is 1. The molecule has 2 aromatic rings. The number of hydrogen-bond donors (Lipinski definition) is 1. The number of para-hydroxylation sites is 1. The van der Waals surface area contributed by atoms with Crippen molar-refractivity contribution in [2.24, 2.45) is 0 Å². The topological polar surface area (TPSA) is 37.8 Å². The zero-order chi connectivity index (χ0) is 10.5. The van der Waals surface area contributed by atoms with Crippen LogP contribution < -0.4 is 5.32 Å². The summed E-state index contributed by atoms with van der Waals surface area (Å²) in [6, 6.07) is 12.0. The van der Waals surface area contributed by atoms with Crippen molar-refractivity contribution in [2.75, 3.05) is 5.32 Å². The lowest BCUT2D eigenvalue weighted by molar-refractivity contribution is 0.955. The SMILES string of the molecule is Cc1nccc(CNc2ccccc2)n1. The third-order valence-electron chi connectivity index (χ3n) is 2.08. The van der Waals surface area contributed by atoms with Gasteiger partial charge in [-0.15, -0.1) is 0 Å². The van der Waals surface area contributed by atoms with Gasteiger partial charge in [-0.25, -0.2) is 9.97 Å². The molecule has 15 heavy (non-hydrogen) atoms. The van der Waals surface area contributed by atoms with Crippen LogP contribution in [0.2, 0.25) is 0 Å². The average molecular weight is 199 g/mol. The Morgan fingerprint density at radius 3 is 2.67 bits per heavy atom. The van der Waals surface area contributed by atoms with E-state index in [0.717, 1.165) is 23.8 Å². The lowest BCUT2D eigenvalue weighted by atomic mass is 10.3. The molecular formula is C12H13N3.